The lowest BCUT2D eigenvalue weighted by atomic mass is 10.1. The molecule has 0 bridgehead atoms. The second-order valence-corrected chi connectivity index (χ2v) is 9.81. The van der Waals surface area contributed by atoms with Crippen LogP contribution >= 0.6 is 0 Å². The smallest absolute Gasteiger partial charge is 0.494 e. The summed E-state index contributed by atoms with van der Waals surface area (Å²) in [5, 5.41) is 9.70. The fraction of sp³-hybridized carbons (Fsp3) is 0.192. The first-order chi connectivity index (χ1) is 17.5. The zero-order chi connectivity index (χ0) is 26.8. The molecule has 0 saturated carbocycles. The Labute approximate surface area is 210 Å². The molecule has 37 heavy (non-hydrogen) atoms. The van der Waals surface area contributed by atoms with Crippen LogP contribution in [0.15, 0.2) is 77.8 Å². The lowest BCUT2D eigenvalue weighted by Crippen LogP contribution is -2.17. The first-order valence-corrected chi connectivity index (χ1v) is 12.6. The van der Waals surface area contributed by atoms with Crippen LogP contribution in [-0.2, 0) is 21.2 Å². The summed E-state index contributed by atoms with van der Waals surface area (Å²) in [7, 11) is -4.21. The number of rotatable bonds is 9. The summed E-state index contributed by atoms with van der Waals surface area (Å²) in [5.74, 6) is -0.933. The van der Waals surface area contributed by atoms with Crippen LogP contribution in [0.5, 0.6) is 11.5 Å². The van der Waals surface area contributed by atoms with Crippen molar-refractivity contribution < 1.29 is 41.0 Å². The van der Waals surface area contributed by atoms with Gasteiger partial charge in [-0.25, -0.2) is 12.4 Å². The number of carbonyl (C=O) groups is 1. The Morgan fingerprint density at radius 1 is 1.00 bits per heavy atom. The molecule has 4 aromatic rings. The van der Waals surface area contributed by atoms with E-state index in [1.165, 1.54) is 24.4 Å². The van der Waals surface area contributed by atoms with Crippen molar-refractivity contribution >= 4 is 26.9 Å². The van der Waals surface area contributed by atoms with Crippen LogP contribution < -0.4 is 9.47 Å². The molecule has 0 unspecified atom stereocenters. The molecule has 0 aliphatic rings. The lowest BCUT2D eigenvalue weighted by molar-refractivity contribution is -0.274. The Hall–Kier alpha value is -3.99. The third kappa shape index (κ3) is 5.72. The molecule has 0 saturated heterocycles. The molecule has 0 aliphatic carbocycles. The van der Waals surface area contributed by atoms with Crippen LogP contribution in [0.25, 0.3) is 22.0 Å². The maximum atomic E-state index is 13.9. The van der Waals surface area contributed by atoms with E-state index in [0.29, 0.717) is 34.4 Å². The fourth-order valence-corrected chi connectivity index (χ4v) is 5.62. The number of fused-ring (bicyclic) bond motifs is 1. The molecular formula is C26H22F3NO6S. The molecule has 7 nitrogen and oxygen atoms in total. The summed E-state index contributed by atoms with van der Waals surface area (Å²) in [4.78, 5) is 11.1. The minimum Gasteiger partial charge on any atom is -0.494 e. The average Bonchev–Trinajstić information content (AvgIpc) is 3.21. The maximum absolute atomic E-state index is 13.9. The van der Waals surface area contributed by atoms with Crippen LogP contribution in [0.3, 0.4) is 0 Å². The fourth-order valence-electron chi connectivity index (χ4n) is 4.01. The number of halogens is 3. The van der Waals surface area contributed by atoms with Gasteiger partial charge >= 0.3 is 12.3 Å². The van der Waals surface area contributed by atoms with Gasteiger partial charge in [0.15, 0.2) is 0 Å². The van der Waals surface area contributed by atoms with E-state index >= 15 is 0 Å². The van der Waals surface area contributed by atoms with Gasteiger partial charge in [0, 0.05) is 23.6 Å². The highest BCUT2D eigenvalue weighted by atomic mass is 32.2. The lowest BCUT2D eigenvalue weighted by Gasteiger charge is -2.14. The van der Waals surface area contributed by atoms with Gasteiger partial charge in [0.1, 0.15) is 11.5 Å². The Bertz CT molecular complexity index is 1540. The zero-order valence-corrected chi connectivity index (χ0v) is 20.3. The van der Waals surface area contributed by atoms with E-state index in [1.807, 2.05) is 6.92 Å². The van der Waals surface area contributed by atoms with Crippen molar-refractivity contribution in [2.75, 3.05) is 6.61 Å². The van der Waals surface area contributed by atoms with E-state index in [9.17, 15) is 26.4 Å². The van der Waals surface area contributed by atoms with Crippen LogP contribution in [0.1, 0.15) is 18.9 Å². The SMILES string of the molecule is CCOc1ccc2c(c1)c(CCC(=O)O)cn2S(=O)(=O)c1ccccc1-c1ccc(OC(F)(F)F)cc1. The summed E-state index contributed by atoms with van der Waals surface area (Å²) in [6.45, 7) is 2.21. The van der Waals surface area contributed by atoms with Gasteiger partial charge in [0.25, 0.3) is 10.0 Å². The van der Waals surface area contributed by atoms with Crippen LogP contribution in [0.4, 0.5) is 13.2 Å². The van der Waals surface area contributed by atoms with Crippen molar-refractivity contribution in [2.24, 2.45) is 0 Å². The summed E-state index contributed by atoms with van der Waals surface area (Å²) in [6.07, 6.45) is -3.54. The first kappa shape index (κ1) is 26.1. The van der Waals surface area contributed by atoms with Crippen molar-refractivity contribution in [3.05, 3.63) is 78.5 Å². The topological polar surface area (TPSA) is 94.8 Å². The Morgan fingerprint density at radius 2 is 1.68 bits per heavy atom. The molecule has 0 radical (unpaired) electrons. The Balaban J connectivity index is 1.82. The van der Waals surface area contributed by atoms with Crippen molar-refractivity contribution in [2.45, 2.75) is 31.0 Å². The number of hydrogen-bond donors (Lipinski definition) is 1. The Kier molecular flexibility index (Phi) is 7.17. The molecule has 0 atom stereocenters. The summed E-state index contributed by atoms with van der Waals surface area (Å²) < 4.78 is 75.9. The van der Waals surface area contributed by atoms with Gasteiger partial charge in [0.05, 0.1) is 17.0 Å². The van der Waals surface area contributed by atoms with E-state index in [4.69, 9.17) is 9.84 Å². The molecule has 4 rings (SSSR count). The van der Waals surface area contributed by atoms with Gasteiger partial charge in [-0.3, -0.25) is 4.79 Å². The molecular weight excluding hydrogens is 511 g/mol. The molecule has 0 aliphatic heterocycles. The number of aryl methyl sites for hydroxylation is 1. The van der Waals surface area contributed by atoms with Crippen molar-refractivity contribution in [1.29, 1.82) is 0 Å². The Morgan fingerprint density at radius 3 is 2.32 bits per heavy atom. The molecule has 0 spiro atoms. The highest BCUT2D eigenvalue weighted by Crippen LogP contribution is 2.35. The van der Waals surface area contributed by atoms with Crippen molar-refractivity contribution in [1.82, 2.24) is 3.97 Å². The third-order valence-electron chi connectivity index (χ3n) is 5.57. The minimum absolute atomic E-state index is 0.0740. The highest BCUT2D eigenvalue weighted by molar-refractivity contribution is 7.90. The molecule has 1 aromatic heterocycles. The number of carboxylic acids is 1. The van der Waals surface area contributed by atoms with E-state index in [0.717, 1.165) is 16.1 Å². The largest absolute Gasteiger partial charge is 0.573 e. The standard InChI is InChI=1S/C26H22F3NO6S/c1-2-35-20-12-13-23-22(15-20)18(9-14-25(31)32)16-30(23)37(33,34)24-6-4-3-5-21(24)17-7-10-19(11-8-17)36-26(27,28)29/h3-8,10-13,15-16H,2,9,14H2,1H3,(H,31,32). The molecule has 0 fully saturated rings. The number of nitrogens with zero attached hydrogens (tertiary/aromatic N) is 1. The van der Waals surface area contributed by atoms with Gasteiger partial charge in [-0.15, -0.1) is 13.2 Å². The normalized spacial score (nSPS) is 12.0. The summed E-state index contributed by atoms with van der Waals surface area (Å²) in [5.41, 5.74) is 1.51. The highest BCUT2D eigenvalue weighted by Gasteiger charge is 2.31. The predicted molar refractivity (Wildman–Crippen MR) is 130 cm³/mol. The van der Waals surface area contributed by atoms with Crippen LogP contribution in [-0.4, -0.2) is 36.4 Å². The second kappa shape index (κ2) is 10.2. The van der Waals surface area contributed by atoms with Gasteiger partial charge in [-0.2, -0.15) is 0 Å². The molecule has 11 heteroatoms. The number of alkyl halides is 3. The number of hydrogen-bond acceptors (Lipinski definition) is 5. The van der Waals surface area contributed by atoms with Crippen molar-refractivity contribution in [3.8, 4) is 22.6 Å². The van der Waals surface area contributed by atoms with Gasteiger partial charge in [-0.05, 0) is 60.9 Å². The number of aliphatic carboxylic acids is 1. The number of aromatic nitrogens is 1. The minimum atomic E-state index is -4.85. The van der Waals surface area contributed by atoms with Crippen LogP contribution in [0, 0.1) is 0 Å². The van der Waals surface area contributed by atoms with Gasteiger partial charge < -0.3 is 14.6 Å². The molecule has 3 aromatic carbocycles. The van der Waals surface area contributed by atoms with E-state index in [1.54, 1.807) is 36.4 Å². The van der Waals surface area contributed by atoms with E-state index in [2.05, 4.69) is 4.74 Å². The first-order valence-electron chi connectivity index (χ1n) is 11.2. The predicted octanol–water partition coefficient (Wildman–Crippen LogP) is 5.86. The maximum Gasteiger partial charge on any atom is 0.573 e. The van der Waals surface area contributed by atoms with E-state index < -0.39 is 28.1 Å². The van der Waals surface area contributed by atoms with Crippen LogP contribution in [0.2, 0.25) is 0 Å². The number of ether oxygens (including phenoxy) is 2. The monoisotopic (exact) mass is 533 g/mol. The summed E-state index contributed by atoms with van der Waals surface area (Å²) in [6, 6.07) is 15.9. The summed E-state index contributed by atoms with van der Waals surface area (Å²) >= 11 is 0. The zero-order valence-electron chi connectivity index (χ0n) is 19.5. The third-order valence-corrected chi connectivity index (χ3v) is 7.30. The van der Waals surface area contributed by atoms with Crippen molar-refractivity contribution in [3.63, 3.8) is 0 Å². The molecule has 0 amide bonds. The molecule has 1 N–H and O–H groups in total. The van der Waals surface area contributed by atoms with E-state index in [-0.39, 0.29) is 23.3 Å². The number of benzene rings is 3. The average molecular weight is 534 g/mol. The number of carboxylic acid groups (broad SMARTS) is 1. The molecule has 1 heterocycles. The molecule has 194 valence electrons. The van der Waals surface area contributed by atoms with Gasteiger partial charge in [-0.1, -0.05) is 30.3 Å². The second-order valence-electron chi connectivity index (χ2n) is 8.03. The van der Waals surface area contributed by atoms with Gasteiger partial charge in [0.2, 0.25) is 0 Å². The quantitative estimate of drug-likeness (QED) is 0.290.